The van der Waals surface area contributed by atoms with E-state index in [2.05, 4.69) is 9.71 Å². The van der Waals surface area contributed by atoms with Crippen LogP contribution in [0.25, 0.3) is 0 Å². The number of aliphatic hydroxyl groups excluding tert-OH is 1. The Labute approximate surface area is 247 Å². The molecule has 0 saturated heterocycles. The van der Waals surface area contributed by atoms with Gasteiger partial charge in [-0.2, -0.15) is 12.7 Å². The van der Waals surface area contributed by atoms with Crippen LogP contribution < -0.4 is 9.46 Å². The van der Waals surface area contributed by atoms with Gasteiger partial charge in [0.15, 0.2) is 5.03 Å². The van der Waals surface area contributed by atoms with Gasteiger partial charge in [0.25, 0.3) is 10.0 Å². The van der Waals surface area contributed by atoms with E-state index in [9.17, 15) is 26.7 Å². The molecule has 0 fully saturated rings. The minimum absolute atomic E-state index is 0.0135. The molecule has 3 atom stereocenters. The number of nitrogens with zero attached hydrogens (tertiary/aromatic N) is 4. The Morgan fingerprint density at radius 3 is 2.48 bits per heavy atom. The largest absolute Gasteiger partial charge is 0.488 e. The Balaban J connectivity index is 1.68. The number of benzene rings is 2. The number of rotatable bonds is 9. The van der Waals surface area contributed by atoms with Gasteiger partial charge in [0.05, 0.1) is 36.8 Å². The smallest absolute Gasteiger partial charge is 0.280 e. The number of sulfonamides is 2. The third-order valence-corrected chi connectivity index (χ3v) is 10.4. The van der Waals surface area contributed by atoms with Crippen molar-refractivity contribution in [2.24, 2.45) is 13.0 Å². The molecular weight excluding hydrogens is 582 g/mol. The lowest BCUT2D eigenvalue weighted by molar-refractivity contribution is -0.134. The maximum atomic E-state index is 13.5. The first-order valence-electron chi connectivity index (χ1n) is 13.4. The van der Waals surface area contributed by atoms with E-state index >= 15 is 0 Å². The number of imidazole rings is 1. The molecule has 2 heterocycles. The molecule has 42 heavy (non-hydrogen) atoms. The fourth-order valence-electron chi connectivity index (χ4n) is 4.69. The van der Waals surface area contributed by atoms with Crippen LogP contribution in [0.3, 0.4) is 0 Å². The van der Waals surface area contributed by atoms with Gasteiger partial charge >= 0.3 is 0 Å². The summed E-state index contributed by atoms with van der Waals surface area (Å²) in [5.74, 6) is -0.271. The van der Waals surface area contributed by atoms with Crippen molar-refractivity contribution in [3.05, 3.63) is 66.1 Å². The number of aryl methyl sites for hydroxylation is 2. The van der Waals surface area contributed by atoms with E-state index in [1.165, 1.54) is 40.6 Å². The van der Waals surface area contributed by atoms with Crippen molar-refractivity contribution in [2.75, 3.05) is 31.5 Å². The number of fused-ring (bicyclic) bond motifs is 1. The van der Waals surface area contributed by atoms with Crippen molar-refractivity contribution in [2.45, 2.75) is 49.3 Å². The number of aliphatic hydroxyl groups is 1. The van der Waals surface area contributed by atoms with Crippen LogP contribution in [-0.4, -0.2) is 85.5 Å². The predicted molar refractivity (Wildman–Crippen MR) is 157 cm³/mol. The zero-order valence-corrected chi connectivity index (χ0v) is 25.9. The Bertz CT molecular complexity index is 1640. The molecule has 2 N–H and O–H groups in total. The quantitative estimate of drug-likeness (QED) is 0.369. The molecule has 0 radical (unpaired) electrons. The highest BCUT2D eigenvalue weighted by Crippen LogP contribution is 2.30. The van der Waals surface area contributed by atoms with Gasteiger partial charge in [0.2, 0.25) is 15.9 Å². The highest BCUT2D eigenvalue weighted by Gasteiger charge is 2.33. The van der Waals surface area contributed by atoms with E-state index in [1.807, 2.05) is 13.8 Å². The second-order valence-electron chi connectivity index (χ2n) is 10.8. The van der Waals surface area contributed by atoms with Gasteiger partial charge in [0, 0.05) is 44.0 Å². The summed E-state index contributed by atoms with van der Waals surface area (Å²) in [6.07, 6.45) is 1.95. The molecule has 228 valence electrons. The van der Waals surface area contributed by atoms with Crippen LogP contribution in [0.2, 0.25) is 0 Å². The highest BCUT2D eigenvalue weighted by atomic mass is 32.2. The van der Waals surface area contributed by atoms with E-state index < -0.39 is 32.2 Å². The maximum absolute atomic E-state index is 13.5. The topological polar surface area (TPSA) is 151 Å². The lowest BCUT2D eigenvalue weighted by Crippen LogP contribution is -2.48. The molecule has 0 bridgehead atoms. The van der Waals surface area contributed by atoms with Crippen LogP contribution in [0.1, 0.15) is 25.0 Å². The number of nitrogens with one attached hydrogen (secondary N) is 1. The molecule has 2 aromatic carbocycles. The minimum atomic E-state index is -3.99. The van der Waals surface area contributed by atoms with Crippen molar-refractivity contribution in [3.63, 3.8) is 0 Å². The SMILES string of the molecule is Cc1ccc(S(=O)(=O)N(C)C[C@@H]2Oc3ccc(NS(=O)(=O)c4cn(C)cn4)cc3CC(=O)N([C@@H](C)CO)C[C@@H]2C)cc1. The number of aromatic nitrogens is 2. The second kappa shape index (κ2) is 12.4. The molecule has 4 rings (SSSR count). The Morgan fingerprint density at radius 1 is 1.17 bits per heavy atom. The van der Waals surface area contributed by atoms with Crippen LogP contribution >= 0.6 is 0 Å². The van der Waals surface area contributed by atoms with Crippen molar-refractivity contribution in [1.82, 2.24) is 18.8 Å². The van der Waals surface area contributed by atoms with Crippen LogP contribution in [-0.2, 0) is 38.3 Å². The first kappa shape index (κ1) is 31.5. The molecule has 12 nitrogen and oxygen atoms in total. The van der Waals surface area contributed by atoms with Crippen molar-refractivity contribution in [3.8, 4) is 5.75 Å². The number of hydrogen-bond donors (Lipinski definition) is 2. The summed E-state index contributed by atoms with van der Waals surface area (Å²) in [5.41, 5.74) is 1.56. The van der Waals surface area contributed by atoms with Gasteiger partial charge in [-0.15, -0.1) is 0 Å². The maximum Gasteiger partial charge on any atom is 0.280 e. The van der Waals surface area contributed by atoms with Crippen LogP contribution in [0.15, 0.2) is 64.9 Å². The molecule has 0 spiro atoms. The molecule has 0 unspecified atom stereocenters. The third-order valence-electron chi connectivity index (χ3n) is 7.29. The fraction of sp³-hybridized carbons (Fsp3) is 0.429. The average molecular weight is 620 g/mol. The molecule has 1 aliphatic heterocycles. The number of likely N-dealkylation sites (N-methyl/N-ethyl adjacent to an activating group) is 1. The van der Waals surface area contributed by atoms with Crippen LogP contribution in [0.5, 0.6) is 5.75 Å². The number of hydrogen-bond acceptors (Lipinski definition) is 8. The zero-order chi connectivity index (χ0) is 30.8. The second-order valence-corrected chi connectivity index (χ2v) is 14.5. The summed E-state index contributed by atoms with van der Waals surface area (Å²) in [5, 5.41) is 9.71. The summed E-state index contributed by atoms with van der Waals surface area (Å²) < 4.78 is 64.1. The van der Waals surface area contributed by atoms with E-state index in [-0.39, 0.29) is 53.6 Å². The lowest BCUT2D eigenvalue weighted by atomic mass is 10.0. The van der Waals surface area contributed by atoms with Crippen molar-refractivity contribution < 1.29 is 31.5 Å². The minimum Gasteiger partial charge on any atom is -0.488 e. The Hall–Kier alpha value is -3.46. The van der Waals surface area contributed by atoms with E-state index in [1.54, 1.807) is 49.2 Å². The van der Waals surface area contributed by atoms with E-state index in [0.717, 1.165) is 5.56 Å². The molecular formula is C28H37N5O7S2. The first-order chi connectivity index (χ1) is 19.7. The molecule has 1 amide bonds. The number of carbonyl (C=O) groups is 1. The van der Waals surface area contributed by atoms with E-state index in [4.69, 9.17) is 4.74 Å². The van der Waals surface area contributed by atoms with E-state index in [0.29, 0.717) is 11.3 Å². The van der Waals surface area contributed by atoms with Gasteiger partial charge in [0.1, 0.15) is 11.9 Å². The molecule has 1 aliphatic rings. The number of carbonyl (C=O) groups excluding carboxylic acids is 1. The number of anilines is 1. The number of ether oxygens (including phenoxy) is 1. The number of amides is 1. The molecule has 1 aromatic heterocycles. The summed E-state index contributed by atoms with van der Waals surface area (Å²) >= 11 is 0. The van der Waals surface area contributed by atoms with Crippen molar-refractivity contribution >= 4 is 31.6 Å². The average Bonchev–Trinajstić information content (AvgIpc) is 3.40. The van der Waals surface area contributed by atoms with Crippen LogP contribution in [0, 0.1) is 12.8 Å². The van der Waals surface area contributed by atoms with Gasteiger partial charge in [-0.3, -0.25) is 9.52 Å². The summed E-state index contributed by atoms with van der Waals surface area (Å²) in [4.78, 5) is 19.1. The summed E-state index contributed by atoms with van der Waals surface area (Å²) in [7, 11) is -4.69. The van der Waals surface area contributed by atoms with Gasteiger partial charge in [-0.25, -0.2) is 13.4 Å². The lowest BCUT2D eigenvalue weighted by Gasteiger charge is -2.33. The molecule has 0 aliphatic carbocycles. The van der Waals surface area contributed by atoms with Crippen LogP contribution in [0.4, 0.5) is 5.69 Å². The van der Waals surface area contributed by atoms with Gasteiger partial charge in [-0.05, 0) is 44.2 Å². The predicted octanol–water partition coefficient (Wildman–Crippen LogP) is 2.00. The first-order valence-corrected chi connectivity index (χ1v) is 16.4. The third kappa shape index (κ3) is 6.94. The Kier molecular flexibility index (Phi) is 9.30. The highest BCUT2D eigenvalue weighted by molar-refractivity contribution is 7.92. The monoisotopic (exact) mass is 619 g/mol. The molecule has 3 aromatic rings. The fourth-order valence-corrected chi connectivity index (χ4v) is 6.90. The standard InChI is InChI=1S/C28H37N5O7S2/c1-19-6-9-24(10-7-19)42(38,39)32(5)15-26-20(2)14-33(21(3)17-34)28(35)13-22-12-23(8-11-25(22)40-26)30-41(36,37)27-16-31(4)18-29-27/h6-12,16,18,20-21,26,30,34H,13-15,17H2,1-5H3/t20-,21-,26-/m0/s1. The summed E-state index contributed by atoms with van der Waals surface area (Å²) in [6.45, 7) is 5.41. The van der Waals surface area contributed by atoms with Gasteiger partial charge < -0.3 is 19.3 Å². The zero-order valence-electron chi connectivity index (χ0n) is 24.3. The molecule has 0 saturated carbocycles. The summed E-state index contributed by atoms with van der Waals surface area (Å²) in [6, 6.07) is 10.7. The molecule has 14 heteroatoms. The van der Waals surface area contributed by atoms with Gasteiger partial charge in [-0.1, -0.05) is 24.6 Å². The van der Waals surface area contributed by atoms with Crippen molar-refractivity contribution in [1.29, 1.82) is 0 Å². The normalized spacial score (nSPS) is 18.9. The Morgan fingerprint density at radius 2 is 1.86 bits per heavy atom.